The van der Waals surface area contributed by atoms with Crippen LogP contribution in [0.1, 0.15) is 38.2 Å². The zero-order chi connectivity index (χ0) is 13.6. The number of hydrogen-bond donors (Lipinski definition) is 3. The fourth-order valence-electron chi connectivity index (χ4n) is 2.40. The first-order valence-corrected chi connectivity index (χ1v) is 6.05. The fourth-order valence-corrected chi connectivity index (χ4v) is 2.40. The molecule has 0 atom stereocenters. The summed E-state index contributed by atoms with van der Waals surface area (Å²) in [7, 11) is 0. The van der Waals surface area contributed by atoms with Gasteiger partial charge in [-0.2, -0.15) is 0 Å². The maximum atomic E-state index is 12.1. The van der Waals surface area contributed by atoms with Crippen molar-refractivity contribution in [3.05, 3.63) is 23.9 Å². The zero-order valence-electron chi connectivity index (χ0n) is 11.2. The first kappa shape index (κ1) is 12.8. The maximum absolute atomic E-state index is 12.1. The molecule has 1 aliphatic carbocycles. The highest BCUT2D eigenvalue weighted by Gasteiger charge is 2.65. The van der Waals surface area contributed by atoms with Gasteiger partial charge in [0.2, 0.25) is 0 Å². The standard InChI is InChI=1S/C13H20N4O/c1-12(2)11(13(12,3)4)16-10(18)8-6-5-7-9(15-8)17-14/h5-7,11H,14H2,1-4H3,(H,15,17)(H,16,18). The number of anilines is 1. The van der Waals surface area contributed by atoms with Crippen LogP contribution >= 0.6 is 0 Å². The normalized spacial score (nSPS) is 20.3. The van der Waals surface area contributed by atoms with Crippen molar-refractivity contribution in [2.45, 2.75) is 33.7 Å². The van der Waals surface area contributed by atoms with Crippen LogP contribution < -0.4 is 16.6 Å². The lowest BCUT2D eigenvalue weighted by Gasteiger charge is -2.07. The molecular formula is C13H20N4O. The number of rotatable bonds is 3. The lowest BCUT2D eigenvalue weighted by atomic mass is 10.0. The summed E-state index contributed by atoms with van der Waals surface area (Å²) in [6, 6.07) is 5.31. The average Bonchev–Trinajstić information content (AvgIpc) is 2.71. The van der Waals surface area contributed by atoms with Gasteiger partial charge in [-0.15, -0.1) is 0 Å². The number of amides is 1. The van der Waals surface area contributed by atoms with Crippen LogP contribution in [0.15, 0.2) is 18.2 Å². The van der Waals surface area contributed by atoms with E-state index in [0.29, 0.717) is 11.5 Å². The van der Waals surface area contributed by atoms with Crippen LogP contribution in [-0.2, 0) is 0 Å². The van der Waals surface area contributed by atoms with E-state index < -0.39 is 0 Å². The number of aromatic nitrogens is 1. The minimum atomic E-state index is -0.157. The van der Waals surface area contributed by atoms with Crippen molar-refractivity contribution < 1.29 is 4.79 Å². The summed E-state index contributed by atoms with van der Waals surface area (Å²) in [5.41, 5.74) is 3.05. The van der Waals surface area contributed by atoms with E-state index in [2.05, 4.69) is 43.4 Å². The fraction of sp³-hybridized carbons (Fsp3) is 0.538. The number of nitrogen functional groups attached to an aromatic ring is 1. The van der Waals surface area contributed by atoms with Gasteiger partial charge in [-0.05, 0) is 23.0 Å². The van der Waals surface area contributed by atoms with E-state index in [-0.39, 0.29) is 22.8 Å². The molecule has 2 rings (SSSR count). The molecule has 1 amide bonds. The molecule has 0 bridgehead atoms. The third-order valence-corrected chi connectivity index (χ3v) is 4.43. The highest BCUT2D eigenvalue weighted by molar-refractivity contribution is 5.93. The van der Waals surface area contributed by atoms with Gasteiger partial charge in [0.1, 0.15) is 11.5 Å². The van der Waals surface area contributed by atoms with Gasteiger partial charge in [0.05, 0.1) is 0 Å². The lowest BCUT2D eigenvalue weighted by Crippen LogP contribution is -2.30. The molecule has 1 heterocycles. The molecular weight excluding hydrogens is 228 g/mol. The topological polar surface area (TPSA) is 80.0 Å². The smallest absolute Gasteiger partial charge is 0.270 e. The molecule has 0 saturated heterocycles. The summed E-state index contributed by atoms with van der Waals surface area (Å²) in [4.78, 5) is 16.2. The number of pyridine rings is 1. The van der Waals surface area contributed by atoms with Crippen LogP contribution in [0.2, 0.25) is 0 Å². The molecule has 1 aromatic rings. The highest BCUT2D eigenvalue weighted by atomic mass is 16.2. The second-order valence-corrected chi connectivity index (χ2v) is 5.90. The Morgan fingerprint density at radius 3 is 2.39 bits per heavy atom. The Kier molecular flexibility index (Phi) is 2.81. The number of carbonyl (C=O) groups excluding carboxylic acids is 1. The molecule has 1 saturated carbocycles. The molecule has 0 aromatic carbocycles. The molecule has 0 spiro atoms. The van der Waals surface area contributed by atoms with Gasteiger partial charge in [-0.25, -0.2) is 10.8 Å². The van der Waals surface area contributed by atoms with Crippen molar-refractivity contribution in [3.63, 3.8) is 0 Å². The van der Waals surface area contributed by atoms with Crippen molar-refractivity contribution in [1.82, 2.24) is 10.3 Å². The van der Waals surface area contributed by atoms with Crippen molar-refractivity contribution in [2.75, 3.05) is 5.43 Å². The van der Waals surface area contributed by atoms with Gasteiger partial charge in [0, 0.05) is 6.04 Å². The first-order valence-electron chi connectivity index (χ1n) is 6.05. The molecule has 98 valence electrons. The Morgan fingerprint density at radius 2 is 1.89 bits per heavy atom. The zero-order valence-corrected chi connectivity index (χ0v) is 11.2. The lowest BCUT2D eigenvalue weighted by molar-refractivity contribution is 0.0939. The number of hydrazine groups is 1. The Labute approximate surface area is 107 Å². The van der Waals surface area contributed by atoms with E-state index in [4.69, 9.17) is 5.84 Å². The van der Waals surface area contributed by atoms with Crippen LogP contribution in [0.4, 0.5) is 5.82 Å². The molecule has 1 aromatic heterocycles. The number of carbonyl (C=O) groups is 1. The van der Waals surface area contributed by atoms with Crippen molar-refractivity contribution >= 4 is 11.7 Å². The molecule has 4 N–H and O–H groups in total. The molecule has 5 heteroatoms. The second-order valence-electron chi connectivity index (χ2n) is 5.90. The molecule has 1 aliphatic rings. The first-order chi connectivity index (χ1) is 8.30. The van der Waals surface area contributed by atoms with E-state index in [1.54, 1.807) is 18.2 Å². The summed E-state index contributed by atoms with van der Waals surface area (Å²) in [5.74, 6) is 5.60. The molecule has 1 fully saturated rings. The third-order valence-electron chi connectivity index (χ3n) is 4.43. The van der Waals surface area contributed by atoms with E-state index in [0.717, 1.165) is 0 Å². The molecule has 0 aliphatic heterocycles. The van der Waals surface area contributed by atoms with Crippen molar-refractivity contribution in [3.8, 4) is 0 Å². The summed E-state index contributed by atoms with van der Waals surface area (Å²) >= 11 is 0. The largest absolute Gasteiger partial charge is 0.347 e. The van der Waals surface area contributed by atoms with Gasteiger partial charge in [-0.1, -0.05) is 33.8 Å². The molecule has 0 radical (unpaired) electrons. The van der Waals surface area contributed by atoms with Gasteiger partial charge in [0.15, 0.2) is 0 Å². The summed E-state index contributed by atoms with van der Waals surface area (Å²) in [6.07, 6.45) is 0. The molecule has 5 nitrogen and oxygen atoms in total. The van der Waals surface area contributed by atoms with Gasteiger partial charge >= 0.3 is 0 Å². The monoisotopic (exact) mass is 248 g/mol. The van der Waals surface area contributed by atoms with Crippen molar-refractivity contribution in [2.24, 2.45) is 16.7 Å². The van der Waals surface area contributed by atoms with Crippen LogP contribution in [0.3, 0.4) is 0 Å². The van der Waals surface area contributed by atoms with Crippen LogP contribution in [-0.4, -0.2) is 16.9 Å². The van der Waals surface area contributed by atoms with Gasteiger partial charge in [0.25, 0.3) is 5.91 Å². The summed E-state index contributed by atoms with van der Waals surface area (Å²) < 4.78 is 0. The number of nitrogens with two attached hydrogens (primary N) is 1. The molecule has 18 heavy (non-hydrogen) atoms. The Balaban J connectivity index is 2.10. The maximum Gasteiger partial charge on any atom is 0.270 e. The SMILES string of the molecule is CC1(C)C(NC(=O)c2cccc(NN)n2)C1(C)C. The highest BCUT2D eigenvalue weighted by Crippen LogP contribution is 2.62. The van der Waals surface area contributed by atoms with Crippen LogP contribution in [0, 0.1) is 10.8 Å². The predicted octanol–water partition coefficient (Wildman–Crippen LogP) is 1.53. The van der Waals surface area contributed by atoms with Crippen molar-refractivity contribution in [1.29, 1.82) is 0 Å². The van der Waals surface area contributed by atoms with E-state index in [9.17, 15) is 4.79 Å². The number of hydrogen-bond acceptors (Lipinski definition) is 4. The Morgan fingerprint density at radius 1 is 1.28 bits per heavy atom. The summed E-state index contributed by atoms with van der Waals surface area (Å²) in [5, 5.41) is 3.03. The van der Waals surface area contributed by atoms with Crippen LogP contribution in [0.25, 0.3) is 0 Å². The number of nitrogens with one attached hydrogen (secondary N) is 2. The van der Waals surface area contributed by atoms with Crippen LogP contribution in [0.5, 0.6) is 0 Å². The predicted molar refractivity (Wildman–Crippen MR) is 70.9 cm³/mol. The minimum Gasteiger partial charge on any atom is -0.347 e. The van der Waals surface area contributed by atoms with E-state index >= 15 is 0 Å². The molecule has 0 unspecified atom stereocenters. The van der Waals surface area contributed by atoms with E-state index in [1.165, 1.54) is 0 Å². The van der Waals surface area contributed by atoms with E-state index in [1.807, 2.05) is 0 Å². The second kappa shape index (κ2) is 3.95. The number of nitrogens with zero attached hydrogens (tertiary/aromatic N) is 1. The quantitative estimate of drug-likeness (QED) is 0.560. The Hall–Kier alpha value is -1.62. The Bertz CT molecular complexity index is 468. The third kappa shape index (κ3) is 1.84. The average molecular weight is 248 g/mol. The van der Waals surface area contributed by atoms with Gasteiger partial charge < -0.3 is 10.7 Å². The van der Waals surface area contributed by atoms with Gasteiger partial charge in [-0.3, -0.25) is 4.79 Å². The minimum absolute atomic E-state index is 0.117. The summed E-state index contributed by atoms with van der Waals surface area (Å²) in [6.45, 7) is 8.62.